The van der Waals surface area contributed by atoms with Crippen molar-refractivity contribution in [1.82, 2.24) is 0 Å². The summed E-state index contributed by atoms with van der Waals surface area (Å²) in [5.41, 5.74) is 0.621. The van der Waals surface area contributed by atoms with Crippen LogP contribution in [0.1, 0.15) is 76.2 Å². The Balaban J connectivity index is 2.70. The van der Waals surface area contributed by atoms with Gasteiger partial charge in [0.2, 0.25) is 0 Å². The summed E-state index contributed by atoms with van der Waals surface area (Å²) >= 11 is 0. The fourth-order valence-corrected chi connectivity index (χ4v) is 7.20. The van der Waals surface area contributed by atoms with Crippen LogP contribution in [-0.4, -0.2) is 19.0 Å². The van der Waals surface area contributed by atoms with Crippen molar-refractivity contribution < 1.29 is 9.53 Å². The topological polar surface area (TPSA) is 26.3 Å². The molecule has 1 saturated heterocycles. The largest absolute Gasteiger partial charge is 0.370 e. The molecule has 1 aliphatic carbocycles. The normalized spacial score (nSPS) is 35.8. The van der Waals surface area contributed by atoms with E-state index >= 15 is 0 Å². The number of rotatable bonds is 1. The van der Waals surface area contributed by atoms with Gasteiger partial charge in [0.15, 0.2) is 0 Å². The lowest BCUT2D eigenvalue weighted by atomic mass is 9.30. The van der Waals surface area contributed by atoms with Crippen molar-refractivity contribution in [3.05, 3.63) is 0 Å². The first-order chi connectivity index (χ1) is 10.5. The molecule has 2 aliphatic rings. The molecule has 24 heavy (non-hydrogen) atoms. The van der Waals surface area contributed by atoms with E-state index in [1.54, 1.807) is 0 Å². The molecule has 2 fully saturated rings. The van der Waals surface area contributed by atoms with Gasteiger partial charge < -0.3 is 9.53 Å². The summed E-state index contributed by atoms with van der Waals surface area (Å²) in [6.07, 6.45) is 0.814. The molecular formula is C22H40O2. The Hall–Kier alpha value is -0.370. The highest BCUT2D eigenvalue weighted by atomic mass is 16.5. The van der Waals surface area contributed by atoms with Crippen molar-refractivity contribution in [3.63, 3.8) is 0 Å². The van der Waals surface area contributed by atoms with Crippen LogP contribution >= 0.6 is 0 Å². The summed E-state index contributed by atoms with van der Waals surface area (Å²) in [6.45, 7) is 26.7. The lowest BCUT2D eigenvalue weighted by molar-refractivity contribution is -0.329. The SMILES string of the molecule is CC(C)(C)C1[C@H]2C(C(C=O)OCC2(C(C)(C)C)C(C)(C)C)C1(C)C. The van der Waals surface area contributed by atoms with Gasteiger partial charge in [0.25, 0.3) is 0 Å². The van der Waals surface area contributed by atoms with E-state index in [4.69, 9.17) is 4.74 Å². The van der Waals surface area contributed by atoms with Gasteiger partial charge in [0, 0.05) is 11.3 Å². The number of fused-ring (bicyclic) bond motifs is 1. The molecule has 0 N–H and O–H groups in total. The zero-order valence-electron chi connectivity index (χ0n) is 17.9. The fraction of sp³-hybridized carbons (Fsp3) is 0.955. The average molecular weight is 337 g/mol. The molecule has 2 rings (SSSR count). The predicted molar refractivity (Wildman–Crippen MR) is 101 cm³/mol. The van der Waals surface area contributed by atoms with Crippen LogP contribution in [0.3, 0.4) is 0 Å². The lowest BCUT2D eigenvalue weighted by Crippen LogP contribution is -2.75. The molecule has 4 atom stereocenters. The first-order valence-corrected chi connectivity index (χ1v) is 9.60. The van der Waals surface area contributed by atoms with Crippen LogP contribution in [0.5, 0.6) is 0 Å². The predicted octanol–water partition coefficient (Wildman–Crippen LogP) is 5.60. The van der Waals surface area contributed by atoms with Crippen LogP contribution < -0.4 is 0 Å². The molecule has 0 radical (unpaired) electrons. The van der Waals surface area contributed by atoms with Gasteiger partial charge in [-0.25, -0.2) is 0 Å². The molecule has 140 valence electrons. The standard InChI is InChI=1S/C22H40O2/c1-18(2,3)17-16-15(21(17,10)11)14(12-23)24-13-22(16,19(4,5)6)20(7,8)9/h12,14-17H,13H2,1-11H3/t14?,15?,16-,17?/m1/s1. The summed E-state index contributed by atoms with van der Waals surface area (Å²) in [7, 11) is 0. The summed E-state index contributed by atoms with van der Waals surface area (Å²) < 4.78 is 6.26. The van der Waals surface area contributed by atoms with Crippen LogP contribution in [0.15, 0.2) is 0 Å². The van der Waals surface area contributed by atoms with Crippen molar-refractivity contribution in [2.45, 2.75) is 82.3 Å². The van der Waals surface area contributed by atoms with Crippen LogP contribution in [0, 0.1) is 44.8 Å². The zero-order valence-corrected chi connectivity index (χ0v) is 17.9. The minimum absolute atomic E-state index is 0.0532. The van der Waals surface area contributed by atoms with Crippen molar-refractivity contribution in [3.8, 4) is 0 Å². The molecule has 0 aromatic carbocycles. The molecular weight excluding hydrogens is 296 g/mol. The maximum Gasteiger partial charge on any atom is 0.149 e. The van der Waals surface area contributed by atoms with Crippen LogP contribution in [0.2, 0.25) is 0 Å². The average Bonchev–Trinajstić information content (AvgIpc) is 2.32. The van der Waals surface area contributed by atoms with Crippen molar-refractivity contribution in [1.29, 1.82) is 0 Å². The second-order valence-corrected chi connectivity index (χ2v) is 12.1. The Morgan fingerprint density at radius 3 is 1.67 bits per heavy atom. The third-order valence-electron chi connectivity index (χ3n) is 7.58. The van der Waals surface area contributed by atoms with Crippen LogP contribution in [0.4, 0.5) is 0 Å². The zero-order chi connectivity index (χ0) is 18.9. The second-order valence-electron chi connectivity index (χ2n) is 12.1. The third-order valence-corrected chi connectivity index (χ3v) is 7.58. The second kappa shape index (κ2) is 5.32. The van der Waals surface area contributed by atoms with Crippen molar-refractivity contribution in [2.24, 2.45) is 44.8 Å². The smallest absolute Gasteiger partial charge is 0.149 e. The molecule has 3 unspecified atom stereocenters. The molecule has 1 saturated carbocycles. The van der Waals surface area contributed by atoms with E-state index in [1.165, 1.54) is 0 Å². The molecule has 0 bridgehead atoms. The van der Waals surface area contributed by atoms with E-state index < -0.39 is 0 Å². The molecule has 0 amide bonds. The minimum atomic E-state index is -0.249. The van der Waals surface area contributed by atoms with E-state index in [0.29, 0.717) is 24.4 Å². The number of carbonyl (C=O) groups excluding carboxylic acids is 1. The van der Waals surface area contributed by atoms with Crippen LogP contribution in [-0.2, 0) is 9.53 Å². The Labute approximate surface area is 150 Å². The van der Waals surface area contributed by atoms with Gasteiger partial charge in [-0.3, -0.25) is 0 Å². The van der Waals surface area contributed by atoms with Gasteiger partial charge in [-0.2, -0.15) is 0 Å². The monoisotopic (exact) mass is 336 g/mol. The summed E-state index contributed by atoms with van der Waals surface area (Å²) in [6, 6.07) is 0. The Bertz CT molecular complexity index is 482. The highest BCUT2D eigenvalue weighted by Crippen LogP contribution is 2.75. The van der Waals surface area contributed by atoms with Crippen molar-refractivity contribution in [2.75, 3.05) is 6.61 Å². The highest BCUT2D eigenvalue weighted by molar-refractivity contribution is 5.58. The van der Waals surface area contributed by atoms with Gasteiger partial charge in [0.05, 0.1) is 6.61 Å². The number of ether oxygens (including phenoxy) is 1. The van der Waals surface area contributed by atoms with Gasteiger partial charge in [-0.05, 0) is 33.5 Å². The molecule has 0 aromatic rings. The molecule has 1 aliphatic heterocycles. The maximum absolute atomic E-state index is 11.8. The fourth-order valence-electron chi connectivity index (χ4n) is 7.20. The van der Waals surface area contributed by atoms with Gasteiger partial charge in [-0.15, -0.1) is 0 Å². The molecule has 2 heteroatoms. The first-order valence-electron chi connectivity index (χ1n) is 9.60. The molecule has 0 aromatic heterocycles. The molecule has 0 spiro atoms. The van der Waals surface area contributed by atoms with Gasteiger partial charge in [-0.1, -0.05) is 76.2 Å². The van der Waals surface area contributed by atoms with E-state index in [2.05, 4.69) is 76.2 Å². The van der Waals surface area contributed by atoms with Gasteiger partial charge >= 0.3 is 0 Å². The summed E-state index contributed by atoms with van der Waals surface area (Å²) in [5, 5.41) is 0. The lowest BCUT2D eigenvalue weighted by Gasteiger charge is -2.76. The molecule has 1 heterocycles. The van der Waals surface area contributed by atoms with Crippen molar-refractivity contribution >= 4 is 6.29 Å². The van der Waals surface area contributed by atoms with E-state index in [-0.39, 0.29) is 33.2 Å². The quantitative estimate of drug-likeness (QED) is 0.583. The molecule has 2 nitrogen and oxygen atoms in total. The third kappa shape index (κ3) is 2.42. The Kier molecular flexibility index (Phi) is 4.42. The van der Waals surface area contributed by atoms with Gasteiger partial charge in [0.1, 0.15) is 12.4 Å². The Morgan fingerprint density at radius 2 is 1.33 bits per heavy atom. The number of hydrogen-bond acceptors (Lipinski definition) is 2. The van der Waals surface area contributed by atoms with Crippen LogP contribution in [0.25, 0.3) is 0 Å². The summed E-state index contributed by atoms with van der Waals surface area (Å²) in [4.78, 5) is 11.8. The number of aldehydes is 1. The minimum Gasteiger partial charge on any atom is -0.370 e. The summed E-state index contributed by atoms with van der Waals surface area (Å²) in [5.74, 6) is 1.41. The maximum atomic E-state index is 11.8. The Morgan fingerprint density at radius 1 is 0.875 bits per heavy atom. The highest BCUT2D eigenvalue weighted by Gasteiger charge is 2.74. The van der Waals surface area contributed by atoms with E-state index in [0.717, 1.165) is 6.29 Å². The first kappa shape index (κ1) is 19.9. The number of hydrogen-bond donors (Lipinski definition) is 0. The van der Waals surface area contributed by atoms with E-state index in [1.807, 2.05) is 0 Å². The van der Waals surface area contributed by atoms with E-state index in [9.17, 15) is 4.79 Å². The number of carbonyl (C=O) groups is 1.